The van der Waals surface area contributed by atoms with E-state index in [2.05, 4.69) is 0 Å². The number of imide groups is 1. The molecule has 0 aromatic carbocycles. The zero-order valence-corrected chi connectivity index (χ0v) is 14.8. The standard InChI is InChI=1S/C17H22N2O4S/c1-12(2)23-10-7-19-16(20)14(13-4-3-11-24-13)15(17(19)21)18-5-8-22-9-6-18/h3-4,11-12H,5-10H2,1-2H3. The van der Waals surface area contributed by atoms with E-state index in [1.54, 1.807) is 0 Å². The van der Waals surface area contributed by atoms with Gasteiger partial charge in [-0.25, -0.2) is 0 Å². The molecule has 0 spiro atoms. The molecule has 3 rings (SSSR count). The van der Waals surface area contributed by atoms with Crippen molar-refractivity contribution < 1.29 is 19.1 Å². The molecule has 24 heavy (non-hydrogen) atoms. The van der Waals surface area contributed by atoms with Gasteiger partial charge in [0.15, 0.2) is 0 Å². The van der Waals surface area contributed by atoms with E-state index < -0.39 is 0 Å². The Labute approximate surface area is 145 Å². The monoisotopic (exact) mass is 350 g/mol. The van der Waals surface area contributed by atoms with Gasteiger partial charge in [-0.15, -0.1) is 11.3 Å². The highest BCUT2D eigenvalue weighted by Crippen LogP contribution is 2.34. The van der Waals surface area contributed by atoms with Crippen LogP contribution in [-0.4, -0.2) is 67.2 Å². The summed E-state index contributed by atoms with van der Waals surface area (Å²) in [4.78, 5) is 29.9. The van der Waals surface area contributed by atoms with Crippen molar-refractivity contribution in [2.75, 3.05) is 39.5 Å². The maximum atomic E-state index is 12.9. The molecule has 0 saturated carbocycles. The summed E-state index contributed by atoms with van der Waals surface area (Å²) in [5.41, 5.74) is 1.02. The first kappa shape index (κ1) is 17.1. The number of hydrogen-bond acceptors (Lipinski definition) is 6. The van der Waals surface area contributed by atoms with Crippen LogP contribution in [0.1, 0.15) is 18.7 Å². The van der Waals surface area contributed by atoms with Crippen LogP contribution in [-0.2, 0) is 19.1 Å². The normalized spacial score (nSPS) is 19.1. The third-order valence-electron chi connectivity index (χ3n) is 4.00. The van der Waals surface area contributed by atoms with Gasteiger partial charge >= 0.3 is 0 Å². The summed E-state index contributed by atoms with van der Waals surface area (Å²) < 4.78 is 10.9. The Balaban J connectivity index is 1.87. The highest BCUT2D eigenvalue weighted by Gasteiger charge is 2.42. The molecular formula is C17H22N2O4S. The third-order valence-corrected chi connectivity index (χ3v) is 4.89. The number of hydrogen-bond donors (Lipinski definition) is 0. The van der Waals surface area contributed by atoms with Crippen molar-refractivity contribution in [3.63, 3.8) is 0 Å². The SMILES string of the molecule is CC(C)OCCN1C(=O)C(c2cccs2)=C(N2CCOCC2)C1=O. The van der Waals surface area contributed by atoms with Gasteiger partial charge in [-0.1, -0.05) is 6.07 Å². The van der Waals surface area contributed by atoms with Crippen molar-refractivity contribution in [2.24, 2.45) is 0 Å². The van der Waals surface area contributed by atoms with E-state index in [0.717, 1.165) is 4.88 Å². The van der Waals surface area contributed by atoms with E-state index in [4.69, 9.17) is 9.47 Å². The number of ether oxygens (including phenoxy) is 2. The summed E-state index contributed by atoms with van der Waals surface area (Å²) in [7, 11) is 0. The zero-order chi connectivity index (χ0) is 17.1. The Hall–Kier alpha value is -1.70. The number of morpholine rings is 1. The number of carbonyl (C=O) groups excluding carboxylic acids is 2. The summed E-state index contributed by atoms with van der Waals surface area (Å²) in [5.74, 6) is -0.450. The van der Waals surface area contributed by atoms with Crippen LogP contribution >= 0.6 is 11.3 Å². The molecule has 1 saturated heterocycles. The molecule has 0 radical (unpaired) electrons. The summed E-state index contributed by atoms with van der Waals surface area (Å²) in [6.45, 7) is 6.88. The number of nitrogens with zero attached hydrogens (tertiary/aromatic N) is 2. The predicted molar refractivity (Wildman–Crippen MR) is 91.4 cm³/mol. The molecule has 1 aromatic rings. The summed E-state index contributed by atoms with van der Waals surface area (Å²) in [6, 6.07) is 3.78. The van der Waals surface area contributed by atoms with Gasteiger partial charge in [-0.3, -0.25) is 14.5 Å². The first-order valence-corrected chi connectivity index (χ1v) is 9.06. The zero-order valence-electron chi connectivity index (χ0n) is 14.0. The molecule has 2 amide bonds. The largest absolute Gasteiger partial charge is 0.378 e. The van der Waals surface area contributed by atoms with Crippen LogP contribution in [0.5, 0.6) is 0 Å². The highest BCUT2D eigenvalue weighted by atomic mass is 32.1. The fourth-order valence-corrected chi connectivity index (χ4v) is 3.63. The van der Waals surface area contributed by atoms with Crippen molar-refractivity contribution in [3.8, 4) is 0 Å². The van der Waals surface area contributed by atoms with Crippen molar-refractivity contribution in [3.05, 3.63) is 28.1 Å². The lowest BCUT2D eigenvalue weighted by Gasteiger charge is -2.29. The second kappa shape index (κ2) is 7.46. The van der Waals surface area contributed by atoms with Gasteiger partial charge in [0, 0.05) is 18.0 Å². The maximum Gasteiger partial charge on any atom is 0.277 e. The molecule has 0 unspecified atom stereocenters. The van der Waals surface area contributed by atoms with Crippen LogP contribution in [0.15, 0.2) is 23.2 Å². The van der Waals surface area contributed by atoms with E-state index in [9.17, 15) is 9.59 Å². The summed E-state index contributed by atoms with van der Waals surface area (Å²) in [5, 5.41) is 1.92. The minimum Gasteiger partial charge on any atom is -0.378 e. The van der Waals surface area contributed by atoms with Gasteiger partial charge in [0.25, 0.3) is 11.8 Å². The Morgan fingerprint density at radius 2 is 2.00 bits per heavy atom. The predicted octanol–water partition coefficient (Wildman–Crippen LogP) is 1.59. The first-order valence-electron chi connectivity index (χ1n) is 8.18. The average molecular weight is 350 g/mol. The van der Waals surface area contributed by atoms with Gasteiger partial charge in [0.1, 0.15) is 5.70 Å². The van der Waals surface area contributed by atoms with Crippen LogP contribution in [0, 0.1) is 0 Å². The molecule has 0 aliphatic carbocycles. The second-order valence-electron chi connectivity index (χ2n) is 5.98. The van der Waals surface area contributed by atoms with Crippen molar-refractivity contribution in [1.29, 1.82) is 0 Å². The molecule has 1 aromatic heterocycles. The average Bonchev–Trinajstić information content (AvgIpc) is 3.17. The first-order chi connectivity index (χ1) is 11.6. The number of thiophene rings is 1. The fraction of sp³-hybridized carbons (Fsp3) is 0.529. The summed E-state index contributed by atoms with van der Waals surface area (Å²) >= 11 is 1.48. The lowest BCUT2D eigenvalue weighted by atomic mass is 10.1. The van der Waals surface area contributed by atoms with Gasteiger partial charge in [0.2, 0.25) is 0 Å². The van der Waals surface area contributed by atoms with Crippen LogP contribution < -0.4 is 0 Å². The van der Waals surface area contributed by atoms with Crippen LogP contribution in [0.3, 0.4) is 0 Å². The second-order valence-corrected chi connectivity index (χ2v) is 6.93. The van der Waals surface area contributed by atoms with E-state index in [1.807, 2.05) is 36.3 Å². The maximum absolute atomic E-state index is 12.9. The molecule has 1 fully saturated rings. The van der Waals surface area contributed by atoms with E-state index in [1.165, 1.54) is 16.2 Å². The van der Waals surface area contributed by atoms with Crippen LogP contribution in [0.2, 0.25) is 0 Å². The quantitative estimate of drug-likeness (QED) is 0.729. The molecular weight excluding hydrogens is 328 g/mol. The van der Waals surface area contributed by atoms with Gasteiger partial charge in [0.05, 0.1) is 38.0 Å². The van der Waals surface area contributed by atoms with Crippen LogP contribution in [0.25, 0.3) is 5.57 Å². The Bertz CT molecular complexity index is 633. The highest BCUT2D eigenvalue weighted by molar-refractivity contribution is 7.11. The van der Waals surface area contributed by atoms with Crippen molar-refractivity contribution in [2.45, 2.75) is 20.0 Å². The Morgan fingerprint density at radius 3 is 2.62 bits per heavy atom. The molecule has 0 atom stereocenters. The minimum absolute atomic E-state index is 0.0706. The minimum atomic E-state index is -0.226. The van der Waals surface area contributed by atoms with Gasteiger partial charge in [-0.2, -0.15) is 0 Å². The summed E-state index contributed by atoms with van der Waals surface area (Å²) in [6.07, 6.45) is 0.0706. The third kappa shape index (κ3) is 3.38. The van der Waals surface area contributed by atoms with E-state index >= 15 is 0 Å². The molecule has 2 aliphatic heterocycles. The van der Waals surface area contributed by atoms with Gasteiger partial charge < -0.3 is 14.4 Å². The van der Waals surface area contributed by atoms with E-state index in [-0.39, 0.29) is 24.5 Å². The fourth-order valence-electron chi connectivity index (χ4n) is 2.87. The molecule has 0 N–H and O–H groups in total. The molecule has 2 aliphatic rings. The smallest absolute Gasteiger partial charge is 0.277 e. The topological polar surface area (TPSA) is 59.1 Å². The molecule has 130 valence electrons. The molecule has 7 heteroatoms. The lowest BCUT2D eigenvalue weighted by Crippen LogP contribution is -2.41. The van der Waals surface area contributed by atoms with Crippen molar-refractivity contribution >= 4 is 28.7 Å². The molecule has 3 heterocycles. The number of rotatable bonds is 6. The van der Waals surface area contributed by atoms with Crippen molar-refractivity contribution in [1.82, 2.24) is 9.80 Å². The number of amides is 2. The lowest BCUT2D eigenvalue weighted by molar-refractivity contribution is -0.138. The Morgan fingerprint density at radius 1 is 1.25 bits per heavy atom. The number of carbonyl (C=O) groups is 2. The molecule has 6 nitrogen and oxygen atoms in total. The van der Waals surface area contributed by atoms with E-state index in [0.29, 0.717) is 44.2 Å². The Kier molecular flexibility index (Phi) is 5.33. The van der Waals surface area contributed by atoms with Gasteiger partial charge in [-0.05, 0) is 25.3 Å². The van der Waals surface area contributed by atoms with Crippen LogP contribution in [0.4, 0.5) is 0 Å². The molecule has 0 bridgehead atoms.